The van der Waals surface area contributed by atoms with Crippen molar-refractivity contribution in [3.05, 3.63) is 0 Å². The molecule has 0 spiro atoms. The van der Waals surface area contributed by atoms with Crippen LogP contribution in [0.2, 0.25) is 0 Å². The molecule has 0 radical (unpaired) electrons. The summed E-state index contributed by atoms with van der Waals surface area (Å²) in [6.45, 7) is 3.88. The van der Waals surface area contributed by atoms with Gasteiger partial charge in [-0.05, 0) is 13.3 Å². The first kappa shape index (κ1) is 18.1. The lowest BCUT2D eigenvalue weighted by atomic mass is 9.74. The molecule has 1 atom stereocenters. The molecule has 1 heterocycles. The maximum atomic E-state index is 12.2. The fraction of sp³-hybridized carbons (Fsp3) is 0.875. The SMILES string of the molecule is CCCCCCCCC1(C(C)(OC)OC)CC(=O)OC1=O. The molecule has 5 heteroatoms. The fourth-order valence-electron chi connectivity index (χ4n) is 3.00. The minimum absolute atomic E-state index is 0.0268. The predicted molar refractivity (Wildman–Crippen MR) is 78.6 cm³/mol. The maximum absolute atomic E-state index is 12.2. The van der Waals surface area contributed by atoms with Crippen molar-refractivity contribution in [2.45, 2.75) is 71.0 Å². The monoisotopic (exact) mass is 300 g/mol. The smallest absolute Gasteiger partial charge is 0.325 e. The van der Waals surface area contributed by atoms with E-state index in [1.54, 1.807) is 6.92 Å². The Balaban J connectivity index is 2.71. The highest BCUT2D eigenvalue weighted by molar-refractivity contribution is 5.98. The van der Waals surface area contributed by atoms with Gasteiger partial charge in [-0.15, -0.1) is 0 Å². The van der Waals surface area contributed by atoms with Crippen LogP contribution in [-0.4, -0.2) is 31.9 Å². The van der Waals surface area contributed by atoms with Crippen LogP contribution in [0.1, 0.15) is 65.2 Å². The lowest BCUT2D eigenvalue weighted by Gasteiger charge is -2.40. The first-order valence-corrected chi connectivity index (χ1v) is 7.81. The summed E-state index contributed by atoms with van der Waals surface area (Å²) in [5.74, 6) is -2.15. The van der Waals surface area contributed by atoms with Gasteiger partial charge in [-0.3, -0.25) is 9.59 Å². The molecule has 21 heavy (non-hydrogen) atoms. The fourth-order valence-corrected chi connectivity index (χ4v) is 3.00. The van der Waals surface area contributed by atoms with E-state index in [4.69, 9.17) is 14.2 Å². The third-order valence-electron chi connectivity index (χ3n) is 4.65. The molecular weight excluding hydrogens is 272 g/mol. The zero-order chi connectivity index (χ0) is 15.9. The first-order chi connectivity index (χ1) is 9.95. The Hall–Kier alpha value is -0.940. The van der Waals surface area contributed by atoms with Crippen LogP contribution in [-0.2, 0) is 23.8 Å². The lowest BCUT2D eigenvalue weighted by molar-refractivity contribution is -0.260. The lowest BCUT2D eigenvalue weighted by Crippen LogP contribution is -2.52. The molecule has 0 aromatic carbocycles. The van der Waals surface area contributed by atoms with Crippen LogP contribution < -0.4 is 0 Å². The second-order valence-corrected chi connectivity index (χ2v) is 5.89. The molecule has 1 aliphatic heterocycles. The van der Waals surface area contributed by atoms with Crippen LogP contribution in [0.5, 0.6) is 0 Å². The van der Waals surface area contributed by atoms with E-state index in [0.29, 0.717) is 6.42 Å². The number of esters is 2. The van der Waals surface area contributed by atoms with Crippen molar-refractivity contribution in [3.8, 4) is 0 Å². The highest BCUT2D eigenvalue weighted by Crippen LogP contribution is 2.47. The minimum atomic E-state index is -1.14. The van der Waals surface area contributed by atoms with Gasteiger partial charge in [0.1, 0.15) is 5.41 Å². The van der Waals surface area contributed by atoms with E-state index in [1.807, 2.05) is 0 Å². The van der Waals surface area contributed by atoms with E-state index >= 15 is 0 Å². The number of hydrogen-bond acceptors (Lipinski definition) is 5. The van der Waals surface area contributed by atoms with E-state index in [2.05, 4.69) is 6.92 Å². The van der Waals surface area contributed by atoms with E-state index < -0.39 is 23.1 Å². The van der Waals surface area contributed by atoms with Gasteiger partial charge in [0.25, 0.3) is 0 Å². The second kappa shape index (κ2) is 7.90. The summed E-state index contributed by atoms with van der Waals surface area (Å²) in [7, 11) is 2.98. The number of carbonyl (C=O) groups excluding carboxylic acids is 2. The number of unbranched alkanes of at least 4 members (excludes halogenated alkanes) is 5. The van der Waals surface area contributed by atoms with Gasteiger partial charge < -0.3 is 14.2 Å². The van der Waals surface area contributed by atoms with Crippen molar-refractivity contribution in [2.75, 3.05) is 14.2 Å². The molecule has 1 fully saturated rings. The number of hydrogen-bond donors (Lipinski definition) is 0. The molecule has 0 aliphatic carbocycles. The minimum Gasteiger partial charge on any atom is -0.393 e. The van der Waals surface area contributed by atoms with Gasteiger partial charge in [-0.1, -0.05) is 45.4 Å². The van der Waals surface area contributed by atoms with Crippen LogP contribution >= 0.6 is 0 Å². The molecule has 0 bridgehead atoms. The molecule has 122 valence electrons. The predicted octanol–water partition coefficient (Wildman–Crippen LogP) is 3.21. The van der Waals surface area contributed by atoms with Gasteiger partial charge in [0.2, 0.25) is 0 Å². The molecule has 0 aromatic heterocycles. The number of carbonyl (C=O) groups is 2. The quantitative estimate of drug-likeness (QED) is 0.268. The summed E-state index contributed by atoms with van der Waals surface area (Å²) in [6.07, 6.45) is 7.25. The topological polar surface area (TPSA) is 61.8 Å². The second-order valence-electron chi connectivity index (χ2n) is 5.89. The normalized spacial score (nSPS) is 22.7. The molecule has 1 aliphatic rings. The zero-order valence-corrected chi connectivity index (χ0v) is 13.7. The van der Waals surface area contributed by atoms with Crippen molar-refractivity contribution in [2.24, 2.45) is 5.41 Å². The van der Waals surface area contributed by atoms with E-state index in [9.17, 15) is 9.59 Å². The highest BCUT2D eigenvalue weighted by Gasteiger charge is 2.61. The van der Waals surface area contributed by atoms with Crippen LogP contribution in [0.15, 0.2) is 0 Å². The Morgan fingerprint density at radius 3 is 2.14 bits per heavy atom. The number of rotatable bonds is 10. The summed E-state index contributed by atoms with van der Waals surface area (Å²) in [6, 6.07) is 0. The molecule has 1 saturated heterocycles. The third kappa shape index (κ3) is 3.83. The number of ether oxygens (including phenoxy) is 3. The Bertz CT molecular complexity index is 362. The maximum Gasteiger partial charge on any atom is 0.325 e. The van der Waals surface area contributed by atoms with Crippen molar-refractivity contribution >= 4 is 11.9 Å². The summed E-state index contributed by atoms with van der Waals surface area (Å²) >= 11 is 0. The Labute approximate surface area is 127 Å². The first-order valence-electron chi connectivity index (χ1n) is 7.81. The van der Waals surface area contributed by atoms with Crippen molar-refractivity contribution in [3.63, 3.8) is 0 Å². The van der Waals surface area contributed by atoms with E-state index in [1.165, 1.54) is 33.5 Å². The van der Waals surface area contributed by atoms with Crippen molar-refractivity contribution in [1.82, 2.24) is 0 Å². The third-order valence-corrected chi connectivity index (χ3v) is 4.65. The van der Waals surface area contributed by atoms with Crippen LogP contribution in [0.3, 0.4) is 0 Å². The summed E-state index contributed by atoms with van der Waals surface area (Å²) in [4.78, 5) is 23.8. The van der Waals surface area contributed by atoms with E-state index in [0.717, 1.165) is 19.3 Å². The number of cyclic esters (lactones) is 2. The van der Waals surface area contributed by atoms with Gasteiger partial charge in [-0.25, -0.2) is 0 Å². The Kier molecular flexibility index (Phi) is 6.81. The Morgan fingerprint density at radius 2 is 1.67 bits per heavy atom. The van der Waals surface area contributed by atoms with Gasteiger partial charge >= 0.3 is 11.9 Å². The van der Waals surface area contributed by atoms with Gasteiger partial charge in [0.15, 0.2) is 5.79 Å². The van der Waals surface area contributed by atoms with Gasteiger partial charge in [-0.2, -0.15) is 0 Å². The molecule has 5 nitrogen and oxygen atoms in total. The molecule has 0 saturated carbocycles. The van der Waals surface area contributed by atoms with Crippen molar-refractivity contribution in [1.29, 1.82) is 0 Å². The molecular formula is C16H28O5. The highest BCUT2D eigenvalue weighted by atomic mass is 16.7. The molecule has 1 rings (SSSR count). The molecule has 1 unspecified atom stereocenters. The van der Waals surface area contributed by atoms with Crippen LogP contribution in [0, 0.1) is 5.41 Å². The molecule has 0 aromatic rings. The van der Waals surface area contributed by atoms with E-state index in [-0.39, 0.29) is 6.42 Å². The van der Waals surface area contributed by atoms with Crippen LogP contribution in [0.4, 0.5) is 0 Å². The number of methoxy groups -OCH3 is 2. The van der Waals surface area contributed by atoms with Crippen molar-refractivity contribution < 1.29 is 23.8 Å². The Morgan fingerprint density at radius 1 is 1.10 bits per heavy atom. The van der Waals surface area contributed by atoms with Gasteiger partial charge in [0.05, 0.1) is 6.42 Å². The summed E-state index contributed by atoms with van der Waals surface area (Å²) < 4.78 is 15.6. The largest absolute Gasteiger partial charge is 0.393 e. The summed E-state index contributed by atoms with van der Waals surface area (Å²) in [5.41, 5.74) is -1.03. The molecule has 0 amide bonds. The average Bonchev–Trinajstić information content (AvgIpc) is 2.77. The standard InChI is InChI=1S/C16H28O5/c1-5-6-7-8-9-10-11-16(15(2,19-3)20-4)12-13(17)21-14(16)18/h5-12H2,1-4H3. The van der Waals surface area contributed by atoms with Gasteiger partial charge in [0, 0.05) is 14.2 Å². The average molecular weight is 300 g/mol. The van der Waals surface area contributed by atoms with Crippen LogP contribution in [0.25, 0.3) is 0 Å². The molecule has 0 N–H and O–H groups in total. The zero-order valence-electron chi connectivity index (χ0n) is 13.7. The summed E-state index contributed by atoms with van der Waals surface area (Å²) in [5, 5.41) is 0.